The van der Waals surface area contributed by atoms with E-state index in [2.05, 4.69) is 424 Å². The standard InChI is InChI=1S/4C18H15P.C16H19Cl2N5O.C10H16ClN5O.C6H5BCl2O2.C6H14N2O.C3H2Cl2N4.CH4.Pd/c4*1-4-10-16(11-5-1)19(17-12-6-2-7-13-17)18-14-8-3-9-15-18;17-12-4-1-3-11(14(12)18)15-16(19)20-13(21-22-15)5-2-6-23-7-9-24-10-8-23;11-9-10(12)13-8(14-15-9)2-1-3-16-4-6-17-7-5-16;8-5-3-1-2-4(6(5)9)7(10)11;7-1-2-8-3-5-9-6-4-8;4-1-2(6)7-3(5)9-8-1;;/h4*1-15H;1,3-4H,2,5-10H2,(H2,19,20,21);1-7H2,(H2,12,13,14);1-3,10-11H;1-7H2;(H2,6,7,9);1H4;. The van der Waals surface area contributed by atoms with Crippen LogP contribution < -0.4 is 92.1 Å². The summed E-state index contributed by atoms with van der Waals surface area (Å²) in [4.78, 5) is 19.0. The molecule has 21 nitrogen and oxygen atoms in total. The minimum atomic E-state index is -1.57. The molecule has 6 heterocycles. The number of aromatic nitrogens is 9. The third-order valence-electron chi connectivity index (χ3n) is 22.3. The van der Waals surface area contributed by atoms with Gasteiger partial charge in [0.15, 0.2) is 39.4 Å². The maximum atomic E-state index is 8.74. The van der Waals surface area contributed by atoms with Gasteiger partial charge in [0.25, 0.3) is 0 Å². The number of anilines is 3. The number of benzene rings is 14. The molecule has 3 fully saturated rings. The van der Waals surface area contributed by atoms with E-state index in [1.807, 2.05) is 0 Å². The largest absolute Gasteiger partial charge is 0.490 e. The van der Waals surface area contributed by atoms with Crippen molar-refractivity contribution in [2.24, 2.45) is 5.73 Å². The van der Waals surface area contributed by atoms with Gasteiger partial charge in [0.2, 0.25) is 5.28 Å². The van der Waals surface area contributed by atoms with Crippen LogP contribution in [-0.2, 0) is 47.5 Å². The van der Waals surface area contributed by atoms with Crippen LogP contribution in [-0.4, -0.2) is 182 Å². The Balaban J connectivity index is 0.000000172. The number of halogens is 7. The van der Waals surface area contributed by atoms with Gasteiger partial charge in [-0.05, 0) is 145 Å². The predicted molar refractivity (Wildman–Crippen MR) is 624 cm³/mol. The Morgan fingerprint density at radius 1 is 0.284 bits per heavy atom. The first-order chi connectivity index (χ1) is 71.5. The van der Waals surface area contributed by atoms with Gasteiger partial charge in [-0.15, -0.1) is 30.6 Å². The van der Waals surface area contributed by atoms with E-state index in [4.69, 9.17) is 128 Å². The number of aryl methyl sites for hydroxylation is 2. The Morgan fingerprint density at radius 3 is 0.770 bits per heavy atom. The summed E-state index contributed by atoms with van der Waals surface area (Å²) in [7, 11) is -3.35. The molecule has 17 aromatic rings. The molecule has 768 valence electrons. The second-order valence-corrected chi connectivity index (χ2v) is 44.0. The first-order valence-electron chi connectivity index (χ1n) is 47.6. The van der Waals surface area contributed by atoms with Gasteiger partial charge in [0.05, 0.1) is 59.7 Å². The molecule has 0 spiro atoms. The maximum absolute atomic E-state index is 8.74. The zero-order valence-corrected chi connectivity index (χ0v) is 91.3. The quantitative estimate of drug-likeness (QED) is 0.0242. The summed E-state index contributed by atoms with van der Waals surface area (Å²) in [5.41, 5.74) is 23.5. The zero-order valence-electron chi connectivity index (χ0n) is 80.9. The SMILES string of the molecule is C.NCCN1CCOCC1.Nc1nc(CCCN2CCOCC2)nnc1-c1cccc(Cl)c1Cl.Nc1nc(CCCN2CCOCC2)nnc1Cl.Nc1nc(Cl)nnc1Cl.OB(O)c1cccc(Cl)c1Cl.[Pd].c1ccc(P(c2ccccc2)c2ccccc2)cc1.c1ccc(P(c2ccccc2)c2ccccc2)cc1.c1ccc(P(c2ccccc2)c2ccccc2)cc1.c1ccc(P(c2ccccc2)c2ccccc2)cc1. The first kappa shape index (κ1) is 119. The monoisotopic (exact) mass is 2280 g/mol. The molecule has 3 aliphatic heterocycles. The van der Waals surface area contributed by atoms with Crippen LogP contribution in [0.4, 0.5) is 17.5 Å². The van der Waals surface area contributed by atoms with E-state index in [9.17, 15) is 0 Å². The van der Waals surface area contributed by atoms with E-state index < -0.39 is 38.8 Å². The molecule has 0 bridgehead atoms. The summed E-state index contributed by atoms with van der Waals surface area (Å²) in [5, 5.41) is 58.6. The van der Waals surface area contributed by atoms with Gasteiger partial charge in [-0.25, -0.2) is 9.97 Å². The Labute approximate surface area is 923 Å². The van der Waals surface area contributed by atoms with E-state index >= 15 is 0 Å². The maximum Gasteiger partial charge on any atom is 0.490 e. The van der Waals surface area contributed by atoms with E-state index in [1.165, 1.54) is 69.7 Å². The van der Waals surface area contributed by atoms with Crippen LogP contribution >= 0.6 is 113 Å². The van der Waals surface area contributed by atoms with Crippen LogP contribution in [0.15, 0.2) is 400 Å². The van der Waals surface area contributed by atoms with Crippen molar-refractivity contribution in [3.05, 3.63) is 448 Å². The minimum Gasteiger partial charge on any atom is -0.423 e. The third-order valence-corrected chi connectivity index (χ3v) is 34.4. The fourth-order valence-electron chi connectivity index (χ4n) is 15.1. The molecule has 3 saturated heterocycles. The molecule has 0 atom stereocenters. The van der Waals surface area contributed by atoms with Crippen LogP contribution in [0.25, 0.3) is 11.3 Å². The summed E-state index contributed by atoms with van der Waals surface area (Å²) < 4.78 is 15.8. The molecule has 34 heteroatoms. The number of nitrogens with two attached hydrogens (primary N) is 4. The molecule has 0 radical (unpaired) electrons. The van der Waals surface area contributed by atoms with Crippen molar-refractivity contribution in [2.45, 2.75) is 33.1 Å². The number of nitrogens with zero attached hydrogens (tertiary/aromatic N) is 12. The molecule has 3 aromatic heterocycles. The molecule has 0 unspecified atom stereocenters. The second-order valence-electron chi connectivity index (χ2n) is 32.5. The Kier molecular flexibility index (Phi) is 54.7. The predicted octanol–water partition coefficient (Wildman–Crippen LogP) is 18.2. The fraction of sp³-hybridized carbons (Fsp3) is 0.184. The van der Waals surface area contributed by atoms with Gasteiger partial charge in [0, 0.05) is 96.6 Å². The van der Waals surface area contributed by atoms with Crippen LogP contribution in [0.3, 0.4) is 0 Å². The Hall–Kier alpha value is -10.4. The van der Waals surface area contributed by atoms with E-state index in [1.54, 1.807) is 30.3 Å². The van der Waals surface area contributed by atoms with Gasteiger partial charge in [0.1, 0.15) is 5.69 Å². The van der Waals surface area contributed by atoms with Crippen molar-refractivity contribution in [1.29, 1.82) is 0 Å². The number of hydrogen-bond acceptors (Lipinski definition) is 21. The van der Waals surface area contributed by atoms with Crippen LogP contribution in [0, 0.1) is 0 Å². The molecular weight excluding hydrogens is 2160 g/mol. The zero-order chi connectivity index (χ0) is 103. The number of nitrogen functional groups attached to an aromatic ring is 3. The van der Waals surface area contributed by atoms with E-state index in [0.29, 0.717) is 43.8 Å². The summed E-state index contributed by atoms with van der Waals surface area (Å²) in [5.74, 6) is 1.96. The number of rotatable bonds is 24. The molecule has 148 heavy (non-hydrogen) atoms. The van der Waals surface area contributed by atoms with Gasteiger partial charge in [-0.2, -0.15) is 4.98 Å². The van der Waals surface area contributed by atoms with E-state index in [-0.39, 0.29) is 65.6 Å². The number of morpholine rings is 3. The Bertz CT molecular complexity index is 5710. The van der Waals surface area contributed by atoms with Crippen molar-refractivity contribution < 1.29 is 44.7 Å². The van der Waals surface area contributed by atoms with Gasteiger partial charge >= 0.3 is 7.12 Å². The second kappa shape index (κ2) is 67.7. The molecule has 10 N–H and O–H groups in total. The minimum absolute atomic E-state index is 0. The molecular formula is C114H120BCl7N16O5P4Pd. The van der Waals surface area contributed by atoms with Crippen LogP contribution in [0.2, 0.25) is 35.7 Å². The van der Waals surface area contributed by atoms with Crippen LogP contribution in [0.5, 0.6) is 0 Å². The Morgan fingerprint density at radius 2 is 0.527 bits per heavy atom. The summed E-state index contributed by atoms with van der Waals surface area (Å²) in [6, 6.07) is 139. The van der Waals surface area contributed by atoms with Crippen molar-refractivity contribution >= 4 is 207 Å². The van der Waals surface area contributed by atoms with Crippen molar-refractivity contribution in [3.63, 3.8) is 0 Å². The molecule has 20 rings (SSSR count). The normalized spacial score (nSPS) is 12.6. The number of ether oxygens (including phenoxy) is 3. The van der Waals surface area contributed by atoms with Crippen molar-refractivity contribution in [1.82, 2.24) is 60.2 Å². The van der Waals surface area contributed by atoms with Gasteiger partial charge < -0.3 is 47.2 Å². The molecule has 0 aliphatic carbocycles. The average molecular weight is 2280 g/mol. The van der Waals surface area contributed by atoms with E-state index in [0.717, 1.165) is 131 Å². The van der Waals surface area contributed by atoms with Crippen molar-refractivity contribution in [3.8, 4) is 11.3 Å². The average Bonchev–Trinajstić information content (AvgIpc) is 0.851. The summed E-state index contributed by atoms with van der Waals surface area (Å²) in [6.07, 6.45) is 3.45. The fourth-order valence-corrected chi connectivity index (χ4v) is 25.4. The molecule has 14 aromatic carbocycles. The number of hydrogen-bond donors (Lipinski definition) is 6. The summed E-state index contributed by atoms with van der Waals surface area (Å²) in [6.45, 7) is 14.9. The van der Waals surface area contributed by atoms with Gasteiger partial charge in [-0.1, -0.05) is 465 Å². The van der Waals surface area contributed by atoms with Gasteiger partial charge in [-0.3, -0.25) is 14.7 Å². The molecule has 3 aliphatic rings. The first-order valence-corrected chi connectivity index (χ1v) is 55.6. The summed E-state index contributed by atoms with van der Waals surface area (Å²) >= 11 is 39.8. The topological polar surface area (TPSA) is 298 Å². The molecule has 0 amide bonds. The van der Waals surface area contributed by atoms with Crippen molar-refractivity contribution in [2.75, 3.05) is 122 Å². The third kappa shape index (κ3) is 40.1. The molecule has 0 saturated carbocycles. The van der Waals surface area contributed by atoms with Crippen LogP contribution in [0.1, 0.15) is 31.9 Å². The smallest absolute Gasteiger partial charge is 0.423 e.